The van der Waals surface area contributed by atoms with E-state index in [9.17, 15) is 4.39 Å². The van der Waals surface area contributed by atoms with Crippen LogP contribution in [0.5, 0.6) is 0 Å². The minimum absolute atomic E-state index is 0.169. The maximum absolute atomic E-state index is 12.8. The smallest absolute Gasteiger partial charge is 0.123 e. The van der Waals surface area contributed by atoms with Crippen molar-refractivity contribution in [2.24, 2.45) is 0 Å². The summed E-state index contributed by atoms with van der Waals surface area (Å²) in [5, 5.41) is 3.52. The Morgan fingerprint density at radius 3 is 2.41 bits per heavy atom. The van der Waals surface area contributed by atoms with E-state index in [-0.39, 0.29) is 10.6 Å². The topological polar surface area (TPSA) is 12.0 Å². The van der Waals surface area contributed by atoms with Crippen molar-refractivity contribution in [1.82, 2.24) is 5.32 Å². The molecule has 0 radical (unpaired) electrons. The zero-order valence-electron chi connectivity index (χ0n) is 11.1. The number of hydrogen-bond acceptors (Lipinski definition) is 2. The van der Waals surface area contributed by atoms with E-state index in [1.807, 2.05) is 23.9 Å². The highest BCUT2D eigenvalue weighted by Gasteiger charge is 2.16. The first-order valence-corrected chi connectivity index (χ1v) is 7.18. The van der Waals surface area contributed by atoms with Gasteiger partial charge in [-0.05, 0) is 51.1 Å². The van der Waals surface area contributed by atoms with E-state index in [0.29, 0.717) is 6.04 Å². The number of thioether (sulfide) groups is 1. The van der Waals surface area contributed by atoms with Gasteiger partial charge in [-0.15, -0.1) is 0 Å². The Morgan fingerprint density at radius 1 is 1.29 bits per heavy atom. The lowest BCUT2D eigenvalue weighted by Crippen LogP contribution is -2.38. The first-order chi connectivity index (χ1) is 7.93. The molecule has 1 atom stereocenters. The van der Waals surface area contributed by atoms with Gasteiger partial charge in [0.25, 0.3) is 0 Å². The summed E-state index contributed by atoms with van der Waals surface area (Å²) in [6.07, 6.45) is 3.07. The molecule has 0 bridgehead atoms. The summed E-state index contributed by atoms with van der Waals surface area (Å²) < 4.78 is 13.0. The molecule has 0 aromatic heterocycles. The second kappa shape index (κ2) is 6.41. The molecule has 1 N–H and O–H groups in total. The van der Waals surface area contributed by atoms with E-state index < -0.39 is 0 Å². The molecule has 3 heteroatoms. The van der Waals surface area contributed by atoms with Crippen molar-refractivity contribution in [2.45, 2.75) is 38.0 Å². The summed E-state index contributed by atoms with van der Waals surface area (Å²) in [5.74, 6) is -0.169. The Hall–Kier alpha value is -0.540. The second-order valence-electron chi connectivity index (χ2n) is 5.08. The van der Waals surface area contributed by atoms with Gasteiger partial charge in [0.1, 0.15) is 5.82 Å². The molecule has 0 heterocycles. The van der Waals surface area contributed by atoms with Gasteiger partial charge in [-0.1, -0.05) is 12.1 Å². The van der Waals surface area contributed by atoms with Crippen molar-refractivity contribution in [3.05, 3.63) is 35.6 Å². The normalized spacial score (nSPS) is 13.7. The van der Waals surface area contributed by atoms with Crippen LogP contribution >= 0.6 is 11.8 Å². The molecule has 1 unspecified atom stereocenters. The molecule has 0 saturated heterocycles. The molecule has 0 saturated carbocycles. The Labute approximate surface area is 108 Å². The van der Waals surface area contributed by atoms with Gasteiger partial charge in [-0.25, -0.2) is 4.39 Å². The van der Waals surface area contributed by atoms with Crippen LogP contribution in [0.4, 0.5) is 4.39 Å². The molecular formula is C14H22FNS. The molecule has 0 aliphatic heterocycles. The Morgan fingerprint density at radius 2 is 1.88 bits per heavy atom. The van der Waals surface area contributed by atoms with Crippen molar-refractivity contribution in [3.8, 4) is 0 Å². The van der Waals surface area contributed by atoms with E-state index in [2.05, 4.69) is 32.3 Å². The lowest BCUT2D eigenvalue weighted by atomic mass is 10.1. The minimum atomic E-state index is -0.169. The van der Waals surface area contributed by atoms with Crippen LogP contribution in [0.1, 0.15) is 26.3 Å². The van der Waals surface area contributed by atoms with Crippen molar-refractivity contribution >= 4 is 11.8 Å². The van der Waals surface area contributed by atoms with E-state index in [1.165, 1.54) is 17.7 Å². The van der Waals surface area contributed by atoms with Gasteiger partial charge in [0, 0.05) is 17.3 Å². The fraction of sp³-hybridized carbons (Fsp3) is 0.571. The molecule has 96 valence electrons. The number of benzene rings is 1. The number of rotatable bonds is 6. The van der Waals surface area contributed by atoms with Gasteiger partial charge in [-0.3, -0.25) is 0 Å². The molecule has 0 fully saturated rings. The van der Waals surface area contributed by atoms with Crippen LogP contribution in [0.25, 0.3) is 0 Å². The van der Waals surface area contributed by atoms with E-state index >= 15 is 0 Å². The fourth-order valence-corrected chi connectivity index (χ4v) is 1.77. The highest BCUT2D eigenvalue weighted by Crippen LogP contribution is 2.19. The van der Waals surface area contributed by atoms with E-state index in [1.54, 1.807) is 0 Å². The van der Waals surface area contributed by atoms with E-state index in [0.717, 1.165) is 13.0 Å². The monoisotopic (exact) mass is 255 g/mol. The van der Waals surface area contributed by atoms with Gasteiger partial charge in [0.2, 0.25) is 0 Å². The van der Waals surface area contributed by atoms with Crippen LogP contribution in [0.2, 0.25) is 0 Å². The average molecular weight is 255 g/mol. The third-order valence-corrected chi connectivity index (χ3v) is 4.13. The number of halogens is 1. The summed E-state index contributed by atoms with van der Waals surface area (Å²) in [6, 6.07) is 7.16. The van der Waals surface area contributed by atoms with Crippen molar-refractivity contribution < 1.29 is 4.39 Å². The summed E-state index contributed by atoms with van der Waals surface area (Å²) >= 11 is 1.87. The number of hydrogen-bond donors (Lipinski definition) is 1. The predicted molar refractivity (Wildman–Crippen MR) is 75.2 cm³/mol. The molecule has 0 spiro atoms. The van der Waals surface area contributed by atoms with Gasteiger partial charge >= 0.3 is 0 Å². The molecule has 1 nitrogen and oxygen atoms in total. The third kappa shape index (κ3) is 5.55. The first kappa shape index (κ1) is 14.5. The summed E-state index contributed by atoms with van der Waals surface area (Å²) in [6.45, 7) is 7.61. The Balaban J connectivity index is 2.39. The molecule has 1 aromatic carbocycles. The third-order valence-electron chi connectivity index (χ3n) is 2.88. The highest BCUT2D eigenvalue weighted by atomic mass is 32.2. The zero-order valence-corrected chi connectivity index (χ0v) is 11.9. The van der Waals surface area contributed by atoms with Crippen LogP contribution < -0.4 is 5.32 Å². The lowest BCUT2D eigenvalue weighted by Gasteiger charge is -2.25. The molecule has 1 aromatic rings. The van der Waals surface area contributed by atoms with Crippen LogP contribution in [0.15, 0.2) is 24.3 Å². The van der Waals surface area contributed by atoms with Crippen molar-refractivity contribution in [2.75, 3.05) is 12.8 Å². The molecule has 1 rings (SSSR count). The van der Waals surface area contributed by atoms with Crippen LogP contribution in [-0.2, 0) is 6.42 Å². The zero-order chi connectivity index (χ0) is 12.9. The molecule has 0 aliphatic carbocycles. The summed E-state index contributed by atoms with van der Waals surface area (Å²) in [4.78, 5) is 0. The van der Waals surface area contributed by atoms with Crippen molar-refractivity contribution in [3.63, 3.8) is 0 Å². The Kier molecular flexibility index (Phi) is 5.47. The maximum atomic E-state index is 12.8. The van der Waals surface area contributed by atoms with Crippen molar-refractivity contribution in [1.29, 1.82) is 0 Å². The lowest BCUT2D eigenvalue weighted by molar-refractivity contribution is 0.504. The molecule has 17 heavy (non-hydrogen) atoms. The summed E-state index contributed by atoms with van der Waals surface area (Å²) in [7, 11) is 0. The van der Waals surface area contributed by atoms with Gasteiger partial charge in [-0.2, -0.15) is 11.8 Å². The molecule has 0 amide bonds. The van der Waals surface area contributed by atoms with Gasteiger partial charge in [0.15, 0.2) is 0 Å². The van der Waals surface area contributed by atoms with Gasteiger partial charge in [0.05, 0.1) is 0 Å². The van der Waals surface area contributed by atoms with E-state index in [4.69, 9.17) is 0 Å². The van der Waals surface area contributed by atoms with Crippen LogP contribution in [0.3, 0.4) is 0 Å². The molecular weight excluding hydrogens is 233 g/mol. The largest absolute Gasteiger partial charge is 0.313 e. The summed E-state index contributed by atoms with van der Waals surface area (Å²) in [5.41, 5.74) is 1.17. The fourth-order valence-electron chi connectivity index (χ4n) is 1.54. The van der Waals surface area contributed by atoms with Gasteiger partial charge < -0.3 is 5.32 Å². The highest BCUT2D eigenvalue weighted by molar-refractivity contribution is 7.99. The molecule has 0 aliphatic rings. The minimum Gasteiger partial charge on any atom is -0.313 e. The second-order valence-corrected chi connectivity index (χ2v) is 6.59. The predicted octanol–water partition coefficient (Wildman–Crippen LogP) is 3.49. The van der Waals surface area contributed by atoms with Crippen LogP contribution in [0, 0.1) is 5.82 Å². The van der Waals surface area contributed by atoms with Crippen LogP contribution in [-0.4, -0.2) is 23.6 Å². The maximum Gasteiger partial charge on any atom is 0.123 e. The SMILES string of the molecule is CSC(C)(C)CNC(C)Cc1ccc(F)cc1. The first-order valence-electron chi connectivity index (χ1n) is 5.96. The quantitative estimate of drug-likeness (QED) is 0.835. The Bertz CT molecular complexity index is 335. The number of nitrogens with one attached hydrogen (secondary N) is 1. The average Bonchev–Trinajstić information content (AvgIpc) is 2.30. The standard InChI is InChI=1S/C14H22FNS/c1-11(16-10-14(2,3)17-4)9-12-5-7-13(15)8-6-12/h5-8,11,16H,9-10H2,1-4H3.